The van der Waals surface area contributed by atoms with Crippen LogP contribution >= 0.6 is 0 Å². The maximum atomic E-state index is 14.5. The summed E-state index contributed by atoms with van der Waals surface area (Å²) in [5.74, 6) is -11.4. The Kier molecular flexibility index (Phi) is 27.5. The van der Waals surface area contributed by atoms with Crippen LogP contribution in [0.15, 0.2) is 22.1 Å². The zero-order chi connectivity index (χ0) is 54.7. The molecule has 1 aromatic rings. The van der Waals surface area contributed by atoms with E-state index in [2.05, 4.69) is 47.2 Å². The molecule has 0 bridgehead atoms. The van der Waals surface area contributed by atoms with Gasteiger partial charge in [0.05, 0.1) is 0 Å². The lowest BCUT2D eigenvalue weighted by Crippen LogP contribution is -2.59. The van der Waals surface area contributed by atoms with E-state index in [0.29, 0.717) is 0 Å². The number of carboxylic acid groups (broad SMARTS) is 2. The summed E-state index contributed by atoms with van der Waals surface area (Å²) in [7, 11) is 0. The van der Waals surface area contributed by atoms with Gasteiger partial charge in [-0.15, -0.1) is 0 Å². The van der Waals surface area contributed by atoms with Gasteiger partial charge in [0.15, 0.2) is 11.9 Å². The number of carbonyl (C=O) groups is 11. The van der Waals surface area contributed by atoms with Crippen molar-refractivity contribution in [3.8, 4) is 0 Å². The minimum Gasteiger partial charge on any atom is -0.481 e. The number of carbonyl (C=O) groups excluding carboxylic acids is 9. The van der Waals surface area contributed by atoms with Crippen LogP contribution in [0.4, 0.5) is 0 Å². The first-order valence-electron chi connectivity index (χ1n) is 22.9. The van der Waals surface area contributed by atoms with Gasteiger partial charge in [-0.05, 0) is 95.2 Å². The van der Waals surface area contributed by atoms with Crippen molar-refractivity contribution < 1.29 is 63.0 Å². The molecule has 0 saturated carbocycles. The second kappa shape index (κ2) is 31.9. The lowest BCUT2D eigenvalue weighted by molar-refractivity contribution is -0.138. The summed E-state index contributed by atoms with van der Waals surface area (Å²) in [5.41, 5.74) is 36.1. The maximum Gasteiger partial charge on any atom is 0.322 e. The number of carboxylic acids is 2. The molecule has 0 spiro atoms. The molecule has 0 radical (unpaired) electrons. The highest BCUT2D eigenvalue weighted by Crippen LogP contribution is 2.19. The third-order valence-corrected chi connectivity index (χ3v) is 10.7. The van der Waals surface area contributed by atoms with E-state index in [9.17, 15) is 57.8 Å². The average molecular weight is 1020 g/mol. The molecule has 400 valence electrons. The molecule has 21 N–H and O–H groups in total. The number of nitrogens with zero attached hydrogens (tertiary/aromatic N) is 2. The van der Waals surface area contributed by atoms with Crippen molar-refractivity contribution in [2.24, 2.45) is 44.4 Å². The van der Waals surface area contributed by atoms with E-state index in [0.717, 1.165) is 29.2 Å². The Morgan fingerprint density at radius 2 is 0.903 bits per heavy atom. The number of primary amides is 2. The van der Waals surface area contributed by atoms with E-state index < -0.39 is 146 Å². The van der Waals surface area contributed by atoms with Crippen LogP contribution in [0, 0.1) is 20.8 Å². The lowest BCUT2D eigenvalue weighted by Gasteiger charge is -2.28. The van der Waals surface area contributed by atoms with E-state index in [1.807, 2.05) is 32.9 Å². The van der Waals surface area contributed by atoms with Gasteiger partial charge < -0.3 is 81.8 Å². The Bertz CT molecular complexity index is 2150. The van der Waals surface area contributed by atoms with Gasteiger partial charge in [0, 0.05) is 39.3 Å². The molecule has 0 aliphatic carbocycles. The standard InChI is InChI=1S/C44H71N15O13/c1-22-19-23(2)26(24(3)20-22)9-10-30(57-42(72)32(12-15-34(62)53-21-36(65)66)59-39(69)29(54-25(4)60)13-16-35(63)64)40(70)58-31(11-14-33(45)61)41(71)56-28(8-6-18-52-44(49)50)38(68)55-27(37(46)67)7-5-17-51-43(47)48/h19-20,27-32H,5-18,21H2,1-4H3,(H2,45,61)(H2,46,67)(H,53,62)(H,54,60)(H,55,68)(H,56,71)(H,57,72)(H,58,70)(H,59,69)(H,63,64)(H,65,66)(H4,47,48,51)(H4,49,50,52). The number of benzene rings is 1. The van der Waals surface area contributed by atoms with Gasteiger partial charge >= 0.3 is 11.9 Å². The van der Waals surface area contributed by atoms with Gasteiger partial charge in [0.25, 0.3) is 0 Å². The second-order valence-electron chi connectivity index (χ2n) is 16.9. The molecule has 9 amide bonds. The number of amides is 9. The van der Waals surface area contributed by atoms with Crippen molar-refractivity contribution in [1.82, 2.24) is 37.2 Å². The van der Waals surface area contributed by atoms with Gasteiger partial charge in [-0.3, -0.25) is 62.7 Å². The van der Waals surface area contributed by atoms with Crippen LogP contribution in [-0.4, -0.2) is 143 Å². The van der Waals surface area contributed by atoms with Crippen LogP contribution in [-0.2, 0) is 59.2 Å². The van der Waals surface area contributed by atoms with Crippen LogP contribution in [0.1, 0.15) is 99.8 Å². The van der Waals surface area contributed by atoms with Crippen molar-refractivity contribution in [1.29, 1.82) is 0 Å². The van der Waals surface area contributed by atoms with Crippen LogP contribution < -0.4 is 71.6 Å². The molecule has 1 rings (SSSR count). The molecule has 28 heteroatoms. The molecule has 6 unspecified atom stereocenters. The zero-order valence-electron chi connectivity index (χ0n) is 41.0. The number of nitrogens with two attached hydrogens (primary N) is 6. The molecule has 1 aromatic carbocycles. The number of hydrogen-bond acceptors (Lipinski definition) is 13. The molecule has 0 fully saturated rings. The van der Waals surface area contributed by atoms with E-state index >= 15 is 0 Å². The highest BCUT2D eigenvalue weighted by atomic mass is 16.4. The first-order chi connectivity index (χ1) is 33.7. The molecular weight excluding hydrogens is 947 g/mol. The SMILES string of the molecule is CC(=O)NC(CCC(=O)O)C(=O)NC(CCC(=O)NCC(=O)O)C(=O)NC(CCc1c(C)cc(C)cc1C)C(=O)NC(CCC(N)=O)C(=O)NC(CCCN=C(N)N)C(=O)NC(CCCN=C(N)N)C(N)=O. The molecule has 0 saturated heterocycles. The summed E-state index contributed by atoms with van der Waals surface area (Å²) in [6, 6.07) is -5.17. The number of aliphatic carboxylic acids is 2. The smallest absolute Gasteiger partial charge is 0.322 e. The van der Waals surface area contributed by atoms with Crippen molar-refractivity contribution in [3.05, 3.63) is 34.4 Å². The van der Waals surface area contributed by atoms with Crippen LogP contribution in [0.5, 0.6) is 0 Å². The molecule has 0 aliphatic heterocycles. The zero-order valence-corrected chi connectivity index (χ0v) is 41.0. The summed E-state index contributed by atoms with van der Waals surface area (Å²) in [5, 5.41) is 35.2. The summed E-state index contributed by atoms with van der Waals surface area (Å²) < 4.78 is 0. The van der Waals surface area contributed by atoms with Crippen LogP contribution in [0.2, 0.25) is 0 Å². The van der Waals surface area contributed by atoms with Crippen molar-refractivity contribution >= 4 is 77.0 Å². The van der Waals surface area contributed by atoms with Gasteiger partial charge in [-0.1, -0.05) is 17.7 Å². The normalized spacial score (nSPS) is 13.2. The Hall–Kier alpha value is -8.07. The van der Waals surface area contributed by atoms with E-state index in [1.54, 1.807) is 0 Å². The highest BCUT2D eigenvalue weighted by molar-refractivity contribution is 5.97. The monoisotopic (exact) mass is 1020 g/mol. The van der Waals surface area contributed by atoms with Crippen molar-refractivity contribution in [3.63, 3.8) is 0 Å². The Morgan fingerprint density at radius 3 is 1.31 bits per heavy atom. The third kappa shape index (κ3) is 25.5. The summed E-state index contributed by atoms with van der Waals surface area (Å²) in [6.07, 6.45) is -2.72. The summed E-state index contributed by atoms with van der Waals surface area (Å²) >= 11 is 0. The van der Waals surface area contributed by atoms with Crippen molar-refractivity contribution in [2.45, 2.75) is 141 Å². The molecule has 72 heavy (non-hydrogen) atoms. The predicted molar refractivity (Wildman–Crippen MR) is 260 cm³/mol. The van der Waals surface area contributed by atoms with Gasteiger partial charge in [-0.25, -0.2) is 0 Å². The van der Waals surface area contributed by atoms with E-state index in [1.165, 1.54) is 0 Å². The molecule has 0 heterocycles. The molecule has 0 aliphatic rings. The molecular formula is C44H71N15O13. The van der Waals surface area contributed by atoms with E-state index in [-0.39, 0.29) is 63.5 Å². The number of aliphatic imine (C=N–C) groups is 2. The molecule has 0 aromatic heterocycles. The van der Waals surface area contributed by atoms with Crippen LogP contribution in [0.3, 0.4) is 0 Å². The summed E-state index contributed by atoms with van der Waals surface area (Å²) in [6.45, 7) is 5.97. The van der Waals surface area contributed by atoms with Crippen molar-refractivity contribution in [2.75, 3.05) is 19.6 Å². The van der Waals surface area contributed by atoms with E-state index in [4.69, 9.17) is 39.5 Å². The Labute approximate surface area is 415 Å². The predicted octanol–water partition coefficient (Wildman–Crippen LogP) is -4.82. The number of rotatable bonds is 34. The fourth-order valence-electron chi connectivity index (χ4n) is 7.23. The highest BCUT2D eigenvalue weighted by Gasteiger charge is 2.34. The first-order valence-corrected chi connectivity index (χ1v) is 22.9. The topological polar surface area (TPSA) is 493 Å². The second-order valence-corrected chi connectivity index (χ2v) is 16.9. The fourth-order valence-corrected chi connectivity index (χ4v) is 7.23. The number of aryl methyl sites for hydroxylation is 3. The van der Waals surface area contributed by atoms with Gasteiger partial charge in [0.2, 0.25) is 53.2 Å². The maximum absolute atomic E-state index is 14.5. The quantitative estimate of drug-likeness (QED) is 0.0175. The third-order valence-electron chi connectivity index (χ3n) is 10.7. The van der Waals surface area contributed by atoms with Gasteiger partial charge in [-0.2, -0.15) is 0 Å². The number of guanidine groups is 2. The minimum atomic E-state index is -1.67. The van der Waals surface area contributed by atoms with Crippen LogP contribution in [0.25, 0.3) is 0 Å². The lowest BCUT2D eigenvalue weighted by atomic mass is 9.94. The Balaban J connectivity index is 3.76. The minimum absolute atomic E-state index is 0.00161. The average Bonchev–Trinajstić information content (AvgIpc) is 3.27. The summed E-state index contributed by atoms with van der Waals surface area (Å²) in [4.78, 5) is 149. The number of nitrogens with one attached hydrogen (secondary N) is 7. The number of hydrogen-bond donors (Lipinski definition) is 15. The van der Waals surface area contributed by atoms with Gasteiger partial charge in [0.1, 0.15) is 42.8 Å². The fraction of sp³-hybridized carbons (Fsp3) is 0.568. The Morgan fingerprint density at radius 1 is 0.514 bits per heavy atom. The largest absolute Gasteiger partial charge is 0.481 e. The first kappa shape index (κ1) is 61.9. The molecule has 28 nitrogen and oxygen atoms in total. The molecule has 6 atom stereocenters.